The van der Waals surface area contributed by atoms with Crippen LogP contribution in [0.4, 0.5) is 5.69 Å². The monoisotopic (exact) mass is 248 g/mol. The van der Waals surface area contributed by atoms with Crippen molar-refractivity contribution < 1.29 is 9.47 Å². The molecule has 98 valence electrons. The minimum absolute atomic E-state index is 0.521. The third kappa shape index (κ3) is 1.81. The zero-order valence-electron chi connectivity index (χ0n) is 11.0. The van der Waals surface area contributed by atoms with Crippen LogP contribution in [-0.4, -0.2) is 40.4 Å². The first-order valence-electron chi connectivity index (χ1n) is 6.44. The highest BCUT2D eigenvalue weighted by Crippen LogP contribution is 2.41. The van der Waals surface area contributed by atoms with Gasteiger partial charge in [0.05, 0.1) is 14.2 Å². The Morgan fingerprint density at radius 1 is 1.17 bits per heavy atom. The maximum absolute atomic E-state index is 5.35. The van der Waals surface area contributed by atoms with Crippen molar-refractivity contribution in [2.45, 2.75) is 6.42 Å². The van der Waals surface area contributed by atoms with Crippen molar-refractivity contribution in [3.8, 4) is 11.5 Å². The van der Waals surface area contributed by atoms with Crippen LogP contribution >= 0.6 is 0 Å². The minimum atomic E-state index is 0.521. The lowest BCUT2D eigenvalue weighted by Crippen LogP contribution is -2.57. The topological polar surface area (TPSA) is 33.7 Å². The molecule has 1 spiro atoms. The number of rotatable bonds is 3. The van der Waals surface area contributed by atoms with Crippen LogP contribution in [0.2, 0.25) is 0 Å². The van der Waals surface area contributed by atoms with Crippen molar-refractivity contribution in [2.75, 3.05) is 45.3 Å². The summed E-state index contributed by atoms with van der Waals surface area (Å²) in [5.74, 6) is 1.60. The standard InChI is InChI=1S/C14H20N2O2/c1-17-12-4-3-11(7-13(12)18-2)16-9-14(10-16)5-6-15-8-14/h3-4,7,15H,5-6,8-10H2,1-2H3. The average Bonchev–Trinajstić information content (AvgIpc) is 2.85. The van der Waals surface area contributed by atoms with Gasteiger partial charge in [-0.1, -0.05) is 0 Å². The first-order chi connectivity index (χ1) is 8.76. The van der Waals surface area contributed by atoms with E-state index in [1.807, 2.05) is 6.07 Å². The van der Waals surface area contributed by atoms with Crippen molar-refractivity contribution in [2.24, 2.45) is 5.41 Å². The summed E-state index contributed by atoms with van der Waals surface area (Å²) < 4.78 is 10.6. The fourth-order valence-corrected chi connectivity index (χ4v) is 3.03. The van der Waals surface area contributed by atoms with E-state index in [1.54, 1.807) is 14.2 Å². The van der Waals surface area contributed by atoms with Crippen LogP contribution in [0, 0.1) is 5.41 Å². The lowest BCUT2D eigenvalue weighted by molar-refractivity contribution is 0.243. The number of anilines is 1. The molecule has 2 saturated heterocycles. The van der Waals surface area contributed by atoms with E-state index < -0.39 is 0 Å². The second-order valence-electron chi connectivity index (χ2n) is 5.32. The molecule has 0 bridgehead atoms. The van der Waals surface area contributed by atoms with Crippen LogP contribution in [0.5, 0.6) is 11.5 Å². The molecule has 0 aromatic heterocycles. The van der Waals surface area contributed by atoms with Gasteiger partial charge in [-0.3, -0.25) is 0 Å². The predicted octanol–water partition coefficient (Wildman–Crippen LogP) is 1.50. The van der Waals surface area contributed by atoms with Gasteiger partial charge in [-0.2, -0.15) is 0 Å². The highest BCUT2D eigenvalue weighted by Gasteiger charge is 2.44. The van der Waals surface area contributed by atoms with Gasteiger partial charge >= 0.3 is 0 Å². The number of ether oxygens (including phenoxy) is 2. The Morgan fingerprint density at radius 2 is 1.94 bits per heavy atom. The molecule has 1 aromatic rings. The largest absolute Gasteiger partial charge is 0.493 e. The van der Waals surface area contributed by atoms with Crippen LogP contribution in [-0.2, 0) is 0 Å². The van der Waals surface area contributed by atoms with E-state index in [1.165, 1.54) is 18.7 Å². The summed E-state index contributed by atoms with van der Waals surface area (Å²) in [5, 5.41) is 3.46. The maximum atomic E-state index is 5.35. The summed E-state index contributed by atoms with van der Waals surface area (Å²) in [5.41, 5.74) is 1.75. The molecule has 0 radical (unpaired) electrons. The van der Waals surface area contributed by atoms with Crippen LogP contribution in [0.15, 0.2) is 18.2 Å². The summed E-state index contributed by atoms with van der Waals surface area (Å²) in [7, 11) is 3.35. The van der Waals surface area contributed by atoms with Crippen LogP contribution < -0.4 is 19.7 Å². The van der Waals surface area contributed by atoms with Crippen molar-refractivity contribution in [1.29, 1.82) is 0 Å². The van der Waals surface area contributed by atoms with Crippen molar-refractivity contribution >= 4 is 5.69 Å². The molecular formula is C14H20N2O2. The fourth-order valence-electron chi connectivity index (χ4n) is 3.03. The van der Waals surface area contributed by atoms with Gasteiger partial charge in [0.15, 0.2) is 11.5 Å². The SMILES string of the molecule is COc1ccc(N2CC3(CCNC3)C2)cc1OC. The lowest BCUT2D eigenvalue weighted by atomic mass is 9.79. The van der Waals surface area contributed by atoms with Gasteiger partial charge in [-0.25, -0.2) is 0 Å². The molecule has 2 aliphatic heterocycles. The fraction of sp³-hybridized carbons (Fsp3) is 0.571. The molecule has 0 aliphatic carbocycles. The third-order valence-electron chi connectivity index (χ3n) is 4.12. The average molecular weight is 248 g/mol. The quantitative estimate of drug-likeness (QED) is 0.879. The van der Waals surface area contributed by atoms with Crippen LogP contribution in [0.3, 0.4) is 0 Å². The molecule has 2 heterocycles. The van der Waals surface area contributed by atoms with Gasteiger partial charge < -0.3 is 19.7 Å². The van der Waals surface area contributed by atoms with E-state index in [0.29, 0.717) is 5.41 Å². The first kappa shape index (κ1) is 11.7. The van der Waals surface area contributed by atoms with Crippen molar-refractivity contribution in [3.05, 3.63) is 18.2 Å². The zero-order chi connectivity index (χ0) is 12.6. The number of benzene rings is 1. The van der Waals surface area contributed by atoms with E-state index in [2.05, 4.69) is 22.3 Å². The predicted molar refractivity (Wildman–Crippen MR) is 71.7 cm³/mol. The molecule has 1 aromatic carbocycles. The van der Waals surface area contributed by atoms with Crippen LogP contribution in [0.1, 0.15) is 6.42 Å². The molecular weight excluding hydrogens is 228 g/mol. The number of nitrogens with one attached hydrogen (secondary N) is 1. The zero-order valence-corrected chi connectivity index (χ0v) is 11.0. The molecule has 1 N–H and O–H groups in total. The van der Waals surface area contributed by atoms with E-state index in [4.69, 9.17) is 9.47 Å². The Morgan fingerprint density at radius 3 is 2.56 bits per heavy atom. The number of hydrogen-bond donors (Lipinski definition) is 1. The van der Waals surface area contributed by atoms with Gasteiger partial charge in [-0.05, 0) is 25.1 Å². The molecule has 4 nitrogen and oxygen atoms in total. The summed E-state index contributed by atoms with van der Waals surface area (Å²) in [6.07, 6.45) is 1.30. The van der Waals surface area contributed by atoms with Gasteiger partial charge in [-0.15, -0.1) is 0 Å². The molecule has 0 unspecified atom stereocenters. The van der Waals surface area contributed by atoms with Crippen molar-refractivity contribution in [3.63, 3.8) is 0 Å². The van der Waals surface area contributed by atoms with E-state index in [0.717, 1.165) is 31.1 Å². The highest BCUT2D eigenvalue weighted by atomic mass is 16.5. The lowest BCUT2D eigenvalue weighted by Gasteiger charge is -2.49. The highest BCUT2D eigenvalue weighted by molar-refractivity contribution is 5.58. The number of methoxy groups -OCH3 is 2. The van der Waals surface area contributed by atoms with Gasteiger partial charge in [0.1, 0.15) is 0 Å². The Bertz CT molecular complexity index is 433. The summed E-state index contributed by atoms with van der Waals surface area (Å²) in [6, 6.07) is 6.15. The number of hydrogen-bond acceptors (Lipinski definition) is 4. The van der Waals surface area contributed by atoms with Gasteiger partial charge in [0.25, 0.3) is 0 Å². The van der Waals surface area contributed by atoms with Gasteiger partial charge in [0.2, 0.25) is 0 Å². The molecule has 18 heavy (non-hydrogen) atoms. The molecule has 0 amide bonds. The Balaban J connectivity index is 1.74. The molecule has 0 atom stereocenters. The normalized spacial score (nSPS) is 20.9. The Labute approximate surface area is 108 Å². The number of nitrogens with zero attached hydrogens (tertiary/aromatic N) is 1. The van der Waals surface area contributed by atoms with Crippen LogP contribution in [0.25, 0.3) is 0 Å². The first-order valence-corrected chi connectivity index (χ1v) is 6.44. The molecule has 3 rings (SSSR count). The van der Waals surface area contributed by atoms with E-state index in [9.17, 15) is 0 Å². The Hall–Kier alpha value is -1.42. The molecule has 2 fully saturated rings. The van der Waals surface area contributed by atoms with E-state index in [-0.39, 0.29) is 0 Å². The molecule has 2 aliphatic rings. The summed E-state index contributed by atoms with van der Waals surface area (Å²) in [6.45, 7) is 4.63. The smallest absolute Gasteiger partial charge is 0.162 e. The maximum Gasteiger partial charge on any atom is 0.162 e. The Kier molecular flexibility index (Phi) is 2.82. The second-order valence-corrected chi connectivity index (χ2v) is 5.32. The van der Waals surface area contributed by atoms with E-state index >= 15 is 0 Å². The summed E-state index contributed by atoms with van der Waals surface area (Å²) in [4.78, 5) is 2.41. The molecule has 0 saturated carbocycles. The van der Waals surface area contributed by atoms with Gasteiger partial charge in [0, 0.05) is 36.8 Å². The summed E-state index contributed by atoms with van der Waals surface area (Å²) >= 11 is 0. The second kappa shape index (κ2) is 4.35. The van der Waals surface area contributed by atoms with Crippen molar-refractivity contribution in [1.82, 2.24) is 5.32 Å². The molecule has 4 heteroatoms. The third-order valence-corrected chi connectivity index (χ3v) is 4.12. The minimum Gasteiger partial charge on any atom is -0.493 e.